The van der Waals surface area contributed by atoms with Crippen LogP contribution in [0.5, 0.6) is 5.75 Å². The zero-order valence-corrected chi connectivity index (χ0v) is 24.2. The maximum absolute atomic E-state index is 13.9. The third-order valence-corrected chi connectivity index (χ3v) is 9.96. The number of oxime groups is 1. The molecule has 1 aromatic rings. The van der Waals surface area contributed by atoms with E-state index in [2.05, 4.69) is 21.8 Å². The van der Waals surface area contributed by atoms with E-state index in [1.54, 1.807) is 13.8 Å². The van der Waals surface area contributed by atoms with Gasteiger partial charge in [-0.1, -0.05) is 25.1 Å². The Hall–Kier alpha value is -3.52. The lowest BCUT2D eigenvalue weighted by Gasteiger charge is -2.28. The van der Waals surface area contributed by atoms with Crippen LogP contribution < -0.4 is 14.8 Å². The molecule has 3 N–H and O–H groups in total. The number of benzene rings is 1. The summed E-state index contributed by atoms with van der Waals surface area (Å²) >= 11 is 0. The quantitative estimate of drug-likeness (QED) is 0.262. The fraction of sp³-hybridized carbons (Fsp3) is 0.571. The van der Waals surface area contributed by atoms with Gasteiger partial charge < -0.3 is 24.9 Å². The number of nitrogens with one attached hydrogen (secondary N) is 2. The first-order valence-corrected chi connectivity index (χ1v) is 15.6. The molecular formula is C28H35FN4O8S. The molecule has 0 bridgehead atoms. The molecule has 0 aromatic heterocycles. The van der Waals surface area contributed by atoms with E-state index in [0.717, 1.165) is 0 Å². The minimum atomic E-state index is -3.86. The van der Waals surface area contributed by atoms with Crippen molar-refractivity contribution in [3.05, 3.63) is 42.2 Å². The molecule has 2 aliphatic heterocycles. The number of fused-ring (bicyclic) bond motifs is 1. The summed E-state index contributed by atoms with van der Waals surface area (Å²) in [4.78, 5) is 46.9. The number of rotatable bonds is 10. The SMILES string of the molecule is C=C[C@@H]1C[C@@]1(NC(=O)C1CC(O/N=C2\CCOc3ccc(F)cc32)CN1C(=O)[C@@H](O)C(C)C)C(=O)NS(=O)(=O)C1CC1. The fourth-order valence-corrected chi connectivity index (χ4v) is 6.68. The Morgan fingerprint density at radius 2 is 2.05 bits per heavy atom. The lowest BCUT2D eigenvalue weighted by molar-refractivity contribution is -0.147. The largest absolute Gasteiger partial charge is 0.492 e. The van der Waals surface area contributed by atoms with E-state index in [4.69, 9.17) is 9.57 Å². The number of aliphatic hydroxyl groups excluding tert-OH is 1. The van der Waals surface area contributed by atoms with Crippen molar-refractivity contribution in [2.24, 2.45) is 17.0 Å². The first-order chi connectivity index (χ1) is 19.9. The highest BCUT2D eigenvalue weighted by Crippen LogP contribution is 2.45. The van der Waals surface area contributed by atoms with Gasteiger partial charge in [-0.05, 0) is 43.4 Å². The van der Waals surface area contributed by atoms with E-state index in [9.17, 15) is 32.3 Å². The molecule has 2 aliphatic carbocycles. The molecule has 5 atom stereocenters. The molecule has 1 saturated heterocycles. The number of ether oxygens (including phenoxy) is 1. The van der Waals surface area contributed by atoms with Crippen LogP contribution >= 0.6 is 0 Å². The molecule has 228 valence electrons. The van der Waals surface area contributed by atoms with Crippen molar-refractivity contribution in [3.8, 4) is 5.75 Å². The van der Waals surface area contributed by atoms with Gasteiger partial charge in [-0.3, -0.25) is 19.1 Å². The molecule has 42 heavy (non-hydrogen) atoms. The number of halogens is 1. The molecule has 4 aliphatic rings. The van der Waals surface area contributed by atoms with Crippen LogP contribution in [0.15, 0.2) is 36.0 Å². The van der Waals surface area contributed by atoms with Crippen molar-refractivity contribution in [1.82, 2.24) is 14.9 Å². The van der Waals surface area contributed by atoms with E-state index in [1.165, 1.54) is 29.2 Å². The van der Waals surface area contributed by atoms with Crippen molar-refractivity contribution >= 4 is 33.5 Å². The maximum atomic E-state index is 13.9. The number of hydrogen-bond acceptors (Lipinski definition) is 9. The number of carbonyl (C=O) groups is 3. The first-order valence-electron chi connectivity index (χ1n) is 14.0. The second kappa shape index (κ2) is 11.3. The lowest BCUT2D eigenvalue weighted by atomic mass is 10.0. The van der Waals surface area contributed by atoms with E-state index < -0.39 is 74.4 Å². The number of carbonyl (C=O) groups excluding carboxylic acids is 3. The predicted molar refractivity (Wildman–Crippen MR) is 148 cm³/mol. The van der Waals surface area contributed by atoms with Gasteiger partial charge in [0.15, 0.2) is 0 Å². The van der Waals surface area contributed by atoms with Gasteiger partial charge in [0, 0.05) is 24.3 Å². The van der Waals surface area contributed by atoms with E-state index in [0.29, 0.717) is 42.9 Å². The minimum Gasteiger partial charge on any atom is -0.492 e. The fourth-order valence-electron chi connectivity index (χ4n) is 5.32. The Kier molecular flexibility index (Phi) is 8.05. The monoisotopic (exact) mass is 606 g/mol. The third kappa shape index (κ3) is 5.87. The molecular weight excluding hydrogens is 571 g/mol. The summed E-state index contributed by atoms with van der Waals surface area (Å²) in [5.74, 6) is -3.18. The zero-order valence-electron chi connectivity index (χ0n) is 23.4. The topological polar surface area (TPSA) is 164 Å². The van der Waals surface area contributed by atoms with Crippen molar-refractivity contribution in [2.75, 3.05) is 13.2 Å². The van der Waals surface area contributed by atoms with Gasteiger partial charge in [0.25, 0.3) is 11.8 Å². The van der Waals surface area contributed by atoms with Gasteiger partial charge in [0.2, 0.25) is 15.9 Å². The standard InChI is InChI=1S/C28H35FN4O8S/c1-4-16-13-28(16,27(37)32-42(38,39)19-6-7-19)30-25(35)22-12-18(14-33(22)26(36)24(34)15(2)3)41-31-21-9-10-40-23-8-5-17(29)11-20(21)23/h4-5,8,11,15-16,18-19,22,24,34H,1,6-7,9-10,12-14H2,2-3H3,(H,30,35)(H,32,37)/b31-21+/t16-,18?,22?,24+,28+/m1/s1. The van der Waals surface area contributed by atoms with Crippen LogP contribution in [0.1, 0.15) is 51.5 Å². The molecule has 0 radical (unpaired) electrons. The first kappa shape index (κ1) is 30.0. The smallest absolute Gasteiger partial charge is 0.259 e. The van der Waals surface area contributed by atoms with Crippen molar-refractivity contribution in [2.45, 2.75) is 75.0 Å². The van der Waals surface area contributed by atoms with Crippen LogP contribution in [0.25, 0.3) is 0 Å². The number of nitrogens with zero attached hydrogens (tertiary/aromatic N) is 2. The van der Waals surface area contributed by atoms with E-state index in [1.807, 2.05) is 0 Å². The van der Waals surface area contributed by atoms with Crippen LogP contribution in [0.2, 0.25) is 0 Å². The normalized spacial score (nSPS) is 28.5. The van der Waals surface area contributed by atoms with Crippen molar-refractivity contribution in [3.63, 3.8) is 0 Å². The summed E-state index contributed by atoms with van der Waals surface area (Å²) in [6.07, 6.45) is 0.737. The van der Waals surface area contributed by atoms with Gasteiger partial charge in [-0.25, -0.2) is 12.8 Å². The van der Waals surface area contributed by atoms with Gasteiger partial charge >= 0.3 is 0 Å². The summed E-state index contributed by atoms with van der Waals surface area (Å²) in [5.41, 5.74) is -0.639. The molecule has 2 unspecified atom stereocenters. The highest BCUT2D eigenvalue weighted by Gasteiger charge is 2.62. The summed E-state index contributed by atoms with van der Waals surface area (Å²) < 4.78 is 46.4. The minimum absolute atomic E-state index is 0.0114. The Morgan fingerprint density at radius 3 is 2.69 bits per heavy atom. The van der Waals surface area contributed by atoms with Gasteiger partial charge in [0.05, 0.1) is 24.1 Å². The molecule has 3 fully saturated rings. The average molecular weight is 607 g/mol. The Balaban J connectivity index is 1.34. The second-order valence-electron chi connectivity index (χ2n) is 11.6. The van der Waals surface area contributed by atoms with Gasteiger partial charge in [0.1, 0.15) is 35.4 Å². The van der Waals surface area contributed by atoms with Crippen LogP contribution in [0.4, 0.5) is 4.39 Å². The van der Waals surface area contributed by atoms with Crippen molar-refractivity contribution < 1.29 is 41.9 Å². The molecule has 3 amide bonds. The molecule has 2 heterocycles. The molecule has 12 nitrogen and oxygen atoms in total. The van der Waals surface area contributed by atoms with Crippen LogP contribution in [-0.4, -0.2) is 84.0 Å². The van der Waals surface area contributed by atoms with Crippen LogP contribution in [-0.2, 0) is 29.2 Å². The lowest BCUT2D eigenvalue weighted by Crippen LogP contribution is -2.57. The number of sulfonamides is 1. The summed E-state index contributed by atoms with van der Waals surface area (Å²) in [6.45, 7) is 7.25. The average Bonchev–Trinajstić information content (AvgIpc) is 3.87. The Bertz CT molecular complexity index is 1430. The molecule has 14 heteroatoms. The van der Waals surface area contributed by atoms with Crippen LogP contribution in [0, 0.1) is 17.7 Å². The van der Waals surface area contributed by atoms with Gasteiger partial charge in [-0.2, -0.15) is 0 Å². The van der Waals surface area contributed by atoms with Gasteiger partial charge in [-0.15, -0.1) is 6.58 Å². The summed E-state index contributed by atoms with van der Waals surface area (Å²) in [7, 11) is -3.86. The number of hydrogen-bond donors (Lipinski definition) is 3. The van der Waals surface area contributed by atoms with E-state index in [-0.39, 0.29) is 19.4 Å². The Labute approximate surface area is 243 Å². The zero-order chi connectivity index (χ0) is 30.4. The molecule has 2 saturated carbocycles. The summed E-state index contributed by atoms with van der Waals surface area (Å²) in [5, 5.41) is 16.8. The number of amides is 3. The maximum Gasteiger partial charge on any atom is 0.259 e. The number of likely N-dealkylation sites (tertiary alicyclic amines) is 1. The summed E-state index contributed by atoms with van der Waals surface area (Å²) in [6, 6.07) is 2.93. The Morgan fingerprint density at radius 1 is 1.31 bits per heavy atom. The molecule has 5 rings (SSSR count). The molecule has 1 aromatic carbocycles. The van der Waals surface area contributed by atoms with E-state index >= 15 is 0 Å². The molecule has 0 spiro atoms. The number of aliphatic hydroxyl groups is 1. The predicted octanol–water partition coefficient (Wildman–Crippen LogP) is 0.985. The van der Waals surface area contributed by atoms with Crippen LogP contribution in [0.3, 0.4) is 0 Å². The third-order valence-electron chi connectivity index (χ3n) is 8.14. The van der Waals surface area contributed by atoms with Crippen molar-refractivity contribution in [1.29, 1.82) is 0 Å². The second-order valence-corrected chi connectivity index (χ2v) is 13.6. The highest BCUT2D eigenvalue weighted by molar-refractivity contribution is 7.91. The highest BCUT2D eigenvalue weighted by atomic mass is 32.2.